The summed E-state index contributed by atoms with van der Waals surface area (Å²) in [4.78, 5) is 38.5. The van der Waals surface area contributed by atoms with Gasteiger partial charge in [-0.3, -0.25) is 23.6 Å². The van der Waals surface area contributed by atoms with Crippen LogP contribution in [0, 0.1) is 5.92 Å². The molecule has 2 heterocycles. The van der Waals surface area contributed by atoms with Crippen molar-refractivity contribution in [3.63, 3.8) is 0 Å². The molecule has 1 saturated carbocycles. The quantitative estimate of drug-likeness (QED) is 0.747. The fraction of sp³-hybridized carbons (Fsp3) is 0.706. The van der Waals surface area contributed by atoms with Gasteiger partial charge >= 0.3 is 11.7 Å². The van der Waals surface area contributed by atoms with Gasteiger partial charge < -0.3 is 4.74 Å². The lowest BCUT2D eigenvalue weighted by Gasteiger charge is -2.33. The lowest BCUT2D eigenvalue weighted by molar-refractivity contribution is -0.146. The summed E-state index contributed by atoms with van der Waals surface area (Å²) in [6, 6.07) is 1.52. The first-order valence-corrected chi connectivity index (χ1v) is 8.53. The molecule has 1 aromatic rings. The zero-order valence-corrected chi connectivity index (χ0v) is 14.5. The van der Waals surface area contributed by atoms with Gasteiger partial charge in [-0.25, -0.2) is 4.79 Å². The van der Waals surface area contributed by atoms with Crippen molar-refractivity contribution in [2.45, 2.75) is 50.7 Å². The van der Waals surface area contributed by atoms with E-state index in [0.29, 0.717) is 24.2 Å². The van der Waals surface area contributed by atoms with Crippen LogP contribution in [0.2, 0.25) is 0 Å². The second-order valence-corrected chi connectivity index (χ2v) is 6.93. The number of ether oxygens (including phenoxy) is 1. The Morgan fingerprint density at radius 3 is 2.62 bits per heavy atom. The molecule has 3 atom stereocenters. The molecule has 0 aromatic carbocycles. The zero-order valence-electron chi connectivity index (χ0n) is 14.5. The summed E-state index contributed by atoms with van der Waals surface area (Å²) in [5.74, 6) is 0.268. The van der Waals surface area contributed by atoms with Gasteiger partial charge in [-0.15, -0.1) is 0 Å². The smallest absolute Gasteiger partial charge is 0.330 e. The molecule has 7 nitrogen and oxygen atoms in total. The molecule has 3 rings (SSSR count). The number of esters is 1. The first kappa shape index (κ1) is 17.0. The van der Waals surface area contributed by atoms with Gasteiger partial charge in [0.1, 0.15) is 6.04 Å². The van der Waals surface area contributed by atoms with Crippen LogP contribution in [-0.4, -0.2) is 39.2 Å². The average Bonchev–Trinajstić information content (AvgIpc) is 2.95. The normalized spacial score (nSPS) is 27.0. The molecule has 7 heteroatoms. The molecule has 1 aromatic heterocycles. The van der Waals surface area contributed by atoms with Crippen molar-refractivity contribution in [2.75, 3.05) is 7.11 Å². The highest BCUT2D eigenvalue weighted by molar-refractivity contribution is 5.76. The van der Waals surface area contributed by atoms with Crippen LogP contribution in [0.25, 0.3) is 0 Å². The molecule has 0 amide bonds. The highest BCUT2D eigenvalue weighted by Gasteiger charge is 2.45. The van der Waals surface area contributed by atoms with Crippen LogP contribution in [0.5, 0.6) is 0 Å². The lowest BCUT2D eigenvalue weighted by Crippen LogP contribution is -2.45. The van der Waals surface area contributed by atoms with Crippen LogP contribution >= 0.6 is 0 Å². The molecule has 0 N–H and O–H groups in total. The van der Waals surface area contributed by atoms with Gasteiger partial charge in [-0.1, -0.05) is 12.8 Å². The molecule has 1 aliphatic carbocycles. The minimum absolute atomic E-state index is 0.224. The largest absolute Gasteiger partial charge is 0.468 e. The molecule has 2 fully saturated rings. The Morgan fingerprint density at radius 2 is 1.92 bits per heavy atom. The number of likely N-dealkylation sites (tertiary alicyclic amines) is 1. The van der Waals surface area contributed by atoms with Gasteiger partial charge in [-0.2, -0.15) is 0 Å². The fourth-order valence-electron chi connectivity index (χ4n) is 4.27. The second-order valence-electron chi connectivity index (χ2n) is 6.93. The lowest BCUT2D eigenvalue weighted by atomic mass is 9.85. The Hall–Kier alpha value is -1.89. The van der Waals surface area contributed by atoms with E-state index >= 15 is 0 Å². The van der Waals surface area contributed by atoms with E-state index in [1.165, 1.54) is 31.2 Å². The Labute approximate surface area is 140 Å². The molecule has 1 saturated heterocycles. The van der Waals surface area contributed by atoms with Gasteiger partial charge in [0.2, 0.25) is 0 Å². The van der Waals surface area contributed by atoms with Gasteiger partial charge in [-0.05, 0) is 25.2 Å². The summed E-state index contributed by atoms with van der Waals surface area (Å²) in [6.45, 7) is 0.419. The number of hydrogen-bond donors (Lipinski definition) is 0. The molecule has 0 radical (unpaired) electrons. The van der Waals surface area contributed by atoms with E-state index in [2.05, 4.69) is 4.90 Å². The summed E-state index contributed by atoms with van der Waals surface area (Å²) in [5.41, 5.74) is -0.0168. The third-order valence-corrected chi connectivity index (χ3v) is 5.66. The minimum Gasteiger partial charge on any atom is -0.468 e. The van der Waals surface area contributed by atoms with Crippen molar-refractivity contribution < 1.29 is 9.53 Å². The molecule has 0 spiro atoms. The van der Waals surface area contributed by atoms with Crippen LogP contribution in [0.4, 0.5) is 0 Å². The molecule has 2 aliphatic rings. The highest BCUT2D eigenvalue weighted by atomic mass is 16.5. The van der Waals surface area contributed by atoms with Crippen LogP contribution in [0.15, 0.2) is 15.7 Å². The Kier molecular flexibility index (Phi) is 4.62. The van der Waals surface area contributed by atoms with Crippen LogP contribution in [-0.2, 0) is 30.2 Å². The minimum atomic E-state index is -0.341. The molecule has 132 valence electrons. The SMILES string of the molecule is COC(=O)C1CC2CCCCC2N1Cc1cc(=O)n(C)c(=O)n1C. The van der Waals surface area contributed by atoms with Crippen LogP contribution in [0.1, 0.15) is 37.8 Å². The number of rotatable bonds is 3. The first-order chi connectivity index (χ1) is 11.4. The topological polar surface area (TPSA) is 73.5 Å². The van der Waals surface area contributed by atoms with E-state index < -0.39 is 0 Å². The number of nitrogens with zero attached hydrogens (tertiary/aromatic N) is 3. The summed E-state index contributed by atoms with van der Waals surface area (Å²) in [7, 11) is 4.55. The van der Waals surface area contributed by atoms with E-state index in [4.69, 9.17) is 4.74 Å². The number of hydrogen-bond acceptors (Lipinski definition) is 5. The number of fused-ring (bicyclic) bond motifs is 1. The number of carbonyl (C=O) groups excluding carboxylic acids is 1. The van der Waals surface area contributed by atoms with E-state index in [-0.39, 0.29) is 23.3 Å². The average molecular weight is 335 g/mol. The van der Waals surface area contributed by atoms with Crippen LogP contribution in [0.3, 0.4) is 0 Å². The second kappa shape index (κ2) is 6.55. The maximum atomic E-state index is 12.2. The Morgan fingerprint density at radius 1 is 1.21 bits per heavy atom. The maximum Gasteiger partial charge on any atom is 0.330 e. The maximum absolute atomic E-state index is 12.2. The summed E-state index contributed by atoms with van der Waals surface area (Å²) in [5, 5.41) is 0. The van der Waals surface area contributed by atoms with Gasteiger partial charge in [0.15, 0.2) is 0 Å². The first-order valence-electron chi connectivity index (χ1n) is 8.53. The molecule has 24 heavy (non-hydrogen) atoms. The monoisotopic (exact) mass is 335 g/mol. The van der Waals surface area contributed by atoms with Gasteiger partial charge in [0.05, 0.1) is 7.11 Å². The van der Waals surface area contributed by atoms with Crippen molar-refractivity contribution in [3.05, 3.63) is 32.6 Å². The van der Waals surface area contributed by atoms with E-state index in [9.17, 15) is 14.4 Å². The van der Waals surface area contributed by atoms with E-state index in [1.54, 1.807) is 7.05 Å². The number of aromatic nitrogens is 2. The Bertz CT molecular complexity index is 751. The summed E-state index contributed by atoms with van der Waals surface area (Å²) < 4.78 is 7.57. The van der Waals surface area contributed by atoms with Gasteiger partial charge in [0.25, 0.3) is 5.56 Å². The van der Waals surface area contributed by atoms with Crippen molar-refractivity contribution >= 4 is 5.97 Å². The van der Waals surface area contributed by atoms with E-state index in [0.717, 1.165) is 30.3 Å². The predicted molar refractivity (Wildman–Crippen MR) is 88.6 cm³/mol. The van der Waals surface area contributed by atoms with Crippen molar-refractivity contribution in [1.29, 1.82) is 0 Å². The molecular formula is C17H25N3O4. The molecule has 3 unspecified atom stereocenters. The van der Waals surface area contributed by atoms with Crippen LogP contribution < -0.4 is 11.2 Å². The van der Waals surface area contributed by atoms with Crippen molar-refractivity contribution in [3.8, 4) is 0 Å². The molecular weight excluding hydrogens is 310 g/mol. The highest BCUT2D eigenvalue weighted by Crippen LogP contribution is 2.40. The fourth-order valence-corrected chi connectivity index (χ4v) is 4.27. The predicted octanol–water partition coefficient (Wildman–Crippen LogP) is 0.390. The van der Waals surface area contributed by atoms with E-state index in [1.807, 2.05) is 0 Å². The molecule has 1 aliphatic heterocycles. The number of carbonyl (C=O) groups is 1. The molecule has 0 bridgehead atoms. The van der Waals surface area contributed by atoms with Gasteiger partial charge in [0, 0.05) is 38.4 Å². The standard InChI is InChI=1S/C17H25N3O4/c1-18-12(9-15(21)19(2)17(18)23)10-20-13-7-5-4-6-11(13)8-14(20)16(22)24-3/h9,11,13-14H,4-8,10H2,1-3H3. The zero-order chi connectivity index (χ0) is 17.4. The third-order valence-electron chi connectivity index (χ3n) is 5.66. The Balaban J connectivity index is 1.95. The van der Waals surface area contributed by atoms with Crippen molar-refractivity contribution in [2.24, 2.45) is 20.0 Å². The third kappa shape index (κ3) is 2.81. The summed E-state index contributed by atoms with van der Waals surface area (Å²) >= 11 is 0. The van der Waals surface area contributed by atoms with Crippen molar-refractivity contribution in [1.82, 2.24) is 14.0 Å². The number of methoxy groups -OCH3 is 1. The summed E-state index contributed by atoms with van der Waals surface area (Å²) in [6.07, 6.45) is 5.34.